The predicted octanol–water partition coefficient (Wildman–Crippen LogP) is 1.29. The van der Waals surface area contributed by atoms with Crippen LogP contribution in [0.1, 0.15) is 43.5 Å². The molecule has 1 atom stereocenters. The van der Waals surface area contributed by atoms with E-state index in [1.165, 1.54) is 18.5 Å². The zero-order valence-electron chi connectivity index (χ0n) is 13.7. The number of fused-ring (bicyclic) bond motifs is 1. The Balaban J connectivity index is 1.34. The molecule has 3 aliphatic rings. The largest absolute Gasteiger partial charge is 0.380 e. The van der Waals surface area contributed by atoms with Gasteiger partial charge in [0, 0.05) is 31.7 Å². The van der Waals surface area contributed by atoms with Gasteiger partial charge in [-0.25, -0.2) is 0 Å². The summed E-state index contributed by atoms with van der Waals surface area (Å²) in [5.74, 6) is 0.639. The molecule has 0 radical (unpaired) electrons. The first-order chi connectivity index (χ1) is 11.3. The van der Waals surface area contributed by atoms with Gasteiger partial charge >= 0.3 is 0 Å². The standard InChI is InChI=1S/C17H26N4O2/c22-17(13-3-1-4-13)20-6-7-21-16(11-20)9-15(19-21)10-18-14-5-2-8-23-12-14/h9,13-14,18H,1-8,10-12H2/t14-/m0/s1. The number of aromatic nitrogens is 2. The average Bonchev–Trinajstić information content (AvgIpc) is 2.94. The van der Waals surface area contributed by atoms with E-state index in [4.69, 9.17) is 4.74 Å². The van der Waals surface area contributed by atoms with Crippen molar-refractivity contribution >= 4 is 5.91 Å². The van der Waals surface area contributed by atoms with Gasteiger partial charge in [-0.05, 0) is 31.7 Å². The summed E-state index contributed by atoms with van der Waals surface area (Å²) in [5.41, 5.74) is 2.24. The van der Waals surface area contributed by atoms with Crippen molar-refractivity contribution in [2.75, 3.05) is 19.8 Å². The number of nitrogens with zero attached hydrogens (tertiary/aromatic N) is 3. The van der Waals surface area contributed by atoms with Crippen LogP contribution in [-0.4, -0.2) is 46.4 Å². The summed E-state index contributed by atoms with van der Waals surface area (Å²) in [6.07, 6.45) is 5.68. The van der Waals surface area contributed by atoms with E-state index in [0.717, 1.165) is 64.3 Å². The van der Waals surface area contributed by atoms with Crippen LogP contribution >= 0.6 is 0 Å². The topological polar surface area (TPSA) is 59.4 Å². The van der Waals surface area contributed by atoms with Crippen LogP contribution in [0.3, 0.4) is 0 Å². The number of nitrogens with one attached hydrogen (secondary N) is 1. The minimum absolute atomic E-state index is 0.289. The molecule has 0 bridgehead atoms. The van der Waals surface area contributed by atoms with Gasteiger partial charge in [0.15, 0.2) is 0 Å². The summed E-state index contributed by atoms with van der Waals surface area (Å²) < 4.78 is 7.57. The quantitative estimate of drug-likeness (QED) is 0.909. The second-order valence-electron chi connectivity index (χ2n) is 7.03. The zero-order valence-corrected chi connectivity index (χ0v) is 13.7. The minimum atomic E-state index is 0.289. The van der Waals surface area contributed by atoms with Crippen molar-refractivity contribution in [2.45, 2.75) is 57.8 Å². The number of amides is 1. The SMILES string of the molecule is O=C(C1CCC1)N1CCn2nc(CN[C@H]3CCCOC3)cc2C1. The lowest BCUT2D eigenvalue weighted by Crippen LogP contribution is -2.43. The van der Waals surface area contributed by atoms with Gasteiger partial charge in [0.05, 0.1) is 31.1 Å². The number of carbonyl (C=O) groups is 1. The lowest BCUT2D eigenvalue weighted by Gasteiger charge is -2.34. The highest BCUT2D eigenvalue weighted by Gasteiger charge is 2.31. The number of hydrogen-bond donors (Lipinski definition) is 1. The van der Waals surface area contributed by atoms with Crippen molar-refractivity contribution in [1.29, 1.82) is 0 Å². The smallest absolute Gasteiger partial charge is 0.226 e. The number of carbonyl (C=O) groups excluding carboxylic acids is 1. The van der Waals surface area contributed by atoms with Crippen molar-refractivity contribution in [3.05, 3.63) is 17.5 Å². The van der Waals surface area contributed by atoms with Gasteiger partial charge in [0.1, 0.15) is 0 Å². The van der Waals surface area contributed by atoms with E-state index in [-0.39, 0.29) is 5.92 Å². The highest BCUT2D eigenvalue weighted by atomic mass is 16.5. The average molecular weight is 318 g/mol. The van der Waals surface area contributed by atoms with Gasteiger partial charge in [-0.15, -0.1) is 0 Å². The van der Waals surface area contributed by atoms with Gasteiger partial charge in [-0.2, -0.15) is 5.10 Å². The van der Waals surface area contributed by atoms with E-state index in [2.05, 4.69) is 21.2 Å². The maximum atomic E-state index is 12.4. The third kappa shape index (κ3) is 3.28. The molecule has 6 heteroatoms. The fourth-order valence-corrected chi connectivity index (χ4v) is 3.66. The van der Waals surface area contributed by atoms with Gasteiger partial charge in [0.25, 0.3) is 0 Å². The van der Waals surface area contributed by atoms with Crippen LogP contribution < -0.4 is 5.32 Å². The molecule has 1 saturated carbocycles. The number of hydrogen-bond acceptors (Lipinski definition) is 4. The summed E-state index contributed by atoms with van der Waals surface area (Å²) in [4.78, 5) is 14.4. The zero-order chi connectivity index (χ0) is 15.6. The maximum absolute atomic E-state index is 12.4. The Labute approximate surface area is 137 Å². The van der Waals surface area contributed by atoms with E-state index in [0.29, 0.717) is 11.9 Å². The van der Waals surface area contributed by atoms with Crippen molar-refractivity contribution in [2.24, 2.45) is 5.92 Å². The molecule has 0 unspecified atom stereocenters. The normalized spacial score (nSPS) is 25.0. The van der Waals surface area contributed by atoms with Crippen LogP contribution in [0.25, 0.3) is 0 Å². The summed E-state index contributed by atoms with van der Waals surface area (Å²) in [7, 11) is 0. The van der Waals surface area contributed by atoms with Crippen molar-refractivity contribution < 1.29 is 9.53 Å². The minimum Gasteiger partial charge on any atom is -0.380 e. The highest BCUT2D eigenvalue weighted by Crippen LogP contribution is 2.29. The third-order valence-corrected chi connectivity index (χ3v) is 5.35. The van der Waals surface area contributed by atoms with Crippen molar-refractivity contribution in [1.82, 2.24) is 20.0 Å². The Bertz CT molecular complexity index is 561. The summed E-state index contributed by atoms with van der Waals surface area (Å²) in [6, 6.07) is 2.59. The molecule has 1 amide bonds. The van der Waals surface area contributed by atoms with Crippen molar-refractivity contribution in [3.8, 4) is 0 Å². The molecule has 1 aromatic rings. The molecule has 1 saturated heterocycles. The molecule has 4 rings (SSSR count). The second kappa shape index (κ2) is 6.61. The van der Waals surface area contributed by atoms with Crippen LogP contribution in [0.2, 0.25) is 0 Å². The molecule has 2 aliphatic heterocycles. The van der Waals surface area contributed by atoms with Crippen LogP contribution in [0.15, 0.2) is 6.07 Å². The Kier molecular flexibility index (Phi) is 4.35. The van der Waals surface area contributed by atoms with Crippen LogP contribution in [0, 0.1) is 5.92 Å². The van der Waals surface area contributed by atoms with Crippen LogP contribution in [-0.2, 0) is 29.2 Å². The first-order valence-electron chi connectivity index (χ1n) is 8.95. The van der Waals surface area contributed by atoms with E-state index < -0.39 is 0 Å². The fraction of sp³-hybridized carbons (Fsp3) is 0.765. The Hall–Kier alpha value is -1.40. The monoisotopic (exact) mass is 318 g/mol. The van der Waals surface area contributed by atoms with Crippen molar-refractivity contribution in [3.63, 3.8) is 0 Å². The molecule has 2 fully saturated rings. The van der Waals surface area contributed by atoms with E-state index in [1.807, 2.05) is 4.90 Å². The molecule has 1 aromatic heterocycles. The third-order valence-electron chi connectivity index (χ3n) is 5.35. The molecular formula is C17H26N4O2. The molecule has 0 spiro atoms. The lowest BCUT2D eigenvalue weighted by atomic mass is 9.84. The molecule has 1 N–H and O–H groups in total. The van der Waals surface area contributed by atoms with Gasteiger partial charge in [-0.3, -0.25) is 9.48 Å². The van der Waals surface area contributed by atoms with Gasteiger partial charge < -0.3 is 15.0 Å². The summed E-state index contributed by atoms with van der Waals surface area (Å²) >= 11 is 0. The Morgan fingerprint density at radius 3 is 2.96 bits per heavy atom. The van der Waals surface area contributed by atoms with E-state index in [9.17, 15) is 4.79 Å². The maximum Gasteiger partial charge on any atom is 0.226 e. The summed E-state index contributed by atoms with van der Waals surface area (Å²) in [6.45, 7) is 4.81. The fourth-order valence-electron chi connectivity index (χ4n) is 3.66. The van der Waals surface area contributed by atoms with E-state index >= 15 is 0 Å². The molecule has 3 heterocycles. The molecule has 23 heavy (non-hydrogen) atoms. The van der Waals surface area contributed by atoms with Crippen LogP contribution in [0.5, 0.6) is 0 Å². The van der Waals surface area contributed by atoms with Gasteiger partial charge in [0.2, 0.25) is 5.91 Å². The summed E-state index contributed by atoms with van der Waals surface area (Å²) in [5, 5.41) is 8.22. The molecular weight excluding hydrogens is 292 g/mol. The molecule has 126 valence electrons. The van der Waals surface area contributed by atoms with E-state index in [1.54, 1.807) is 0 Å². The first-order valence-corrected chi connectivity index (χ1v) is 8.95. The lowest BCUT2D eigenvalue weighted by molar-refractivity contribution is -0.139. The Morgan fingerprint density at radius 1 is 1.30 bits per heavy atom. The van der Waals surface area contributed by atoms with Crippen LogP contribution in [0.4, 0.5) is 0 Å². The number of rotatable bonds is 4. The molecule has 0 aromatic carbocycles. The number of ether oxygens (including phenoxy) is 1. The molecule has 1 aliphatic carbocycles. The second-order valence-corrected chi connectivity index (χ2v) is 7.03. The molecule has 6 nitrogen and oxygen atoms in total. The van der Waals surface area contributed by atoms with Gasteiger partial charge in [-0.1, -0.05) is 6.42 Å². The highest BCUT2D eigenvalue weighted by molar-refractivity contribution is 5.79. The predicted molar refractivity (Wildman–Crippen MR) is 85.7 cm³/mol. The first kappa shape index (κ1) is 15.1. The Morgan fingerprint density at radius 2 is 2.22 bits per heavy atom.